The molecular formula is C31H34N4O4. The number of ether oxygens (including phenoxy) is 2. The lowest BCUT2D eigenvalue weighted by Gasteiger charge is -2.32. The van der Waals surface area contributed by atoms with E-state index in [1.165, 1.54) is 11.1 Å². The van der Waals surface area contributed by atoms with Gasteiger partial charge in [0.05, 0.1) is 20.1 Å². The molecule has 0 fully saturated rings. The van der Waals surface area contributed by atoms with Crippen molar-refractivity contribution in [1.29, 1.82) is 0 Å². The number of amides is 1. The van der Waals surface area contributed by atoms with Crippen LogP contribution in [0.1, 0.15) is 64.4 Å². The molecule has 0 unspecified atom stereocenters. The first-order valence-electron chi connectivity index (χ1n) is 13.4. The number of aryl methyl sites for hydroxylation is 2. The molecule has 39 heavy (non-hydrogen) atoms. The molecule has 1 aliphatic rings. The molecular weight excluding hydrogens is 492 g/mol. The van der Waals surface area contributed by atoms with Gasteiger partial charge in [-0.1, -0.05) is 42.5 Å². The summed E-state index contributed by atoms with van der Waals surface area (Å²) >= 11 is 0. The van der Waals surface area contributed by atoms with Crippen molar-refractivity contribution in [2.45, 2.75) is 45.6 Å². The third kappa shape index (κ3) is 5.24. The number of fused-ring (bicyclic) bond motifs is 2. The molecule has 8 nitrogen and oxygen atoms in total. The lowest BCUT2D eigenvalue weighted by Crippen LogP contribution is -2.36. The van der Waals surface area contributed by atoms with Crippen molar-refractivity contribution >= 4 is 22.9 Å². The van der Waals surface area contributed by atoms with Gasteiger partial charge in [0.2, 0.25) is 0 Å². The summed E-state index contributed by atoms with van der Waals surface area (Å²) in [6.45, 7) is 5.37. The summed E-state index contributed by atoms with van der Waals surface area (Å²) in [4.78, 5) is 28.0. The van der Waals surface area contributed by atoms with Crippen LogP contribution in [0, 0.1) is 0 Å². The lowest BCUT2D eigenvalue weighted by atomic mass is 9.82. The van der Waals surface area contributed by atoms with Crippen LogP contribution in [0.25, 0.3) is 11.0 Å². The molecule has 0 spiro atoms. The number of nitrogens with zero attached hydrogens (tertiary/aromatic N) is 4. The largest absolute Gasteiger partial charge is 0.494 e. The number of hydrogen-bond acceptors (Lipinski definition) is 6. The number of carbonyl (C=O) groups excluding carboxylic acids is 2. The van der Waals surface area contributed by atoms with Crippen molar-refractivity contribution in [1.82, 2.24) is 19.9 Å². The highest BCUT2D eigenvalue weighted by Gasteiger charge is 2.29. The van der Waals surface area contributed by atoms with Gasteiger partial charge in [-0.25, -0.2) is 4.68 Å². The molecule has 1 aliphatic heterocycles. The number of hydrogen-bond donors (Lipinski definition) is 0. The molecule has 3 aromatic carbocycles. The molecule has 1 atom stereocenters. The maximum absolute atomic E-state index is 13.3. The van der Waals surface area contributed by atoms with Gasteiger partial charge in [0.1, 0.15) is 16.8 Å². The van der Waals surface area contributed by atoms with Crippen LogP contribution >= 0.6 is 0 Å². The van der Waals surface area contributed by atoms with Crippen LogP contribution in [-0.2, 0) is 36.0 Å². The highest BCUT2D eigenvalue weighted by Crippen LogP contribution is 2.38. The fourth-order valence-electron chi connectivity index (χ4n) is 5.53. The van der Waals surface area contributed by atoms with Gasteiger partial charge in [-0.3, -0.25) is 9.59 Å². The number of aromatic nitrogens is 3. The summed E-state index contributed by atoms with van der Waals surface area (Å²) in [5, 5.41) is 8.46. The molecule has 0 radical (unpaired) electrons. The molecule has 0 bridgehead atoms. The smallest absolute Gasteiger partial charge is 0.306 e. The minimum absolute atomic E-state index is 0.0367. The van der Waals surface area contributed by atoms with Crippen molar-refractivity contribution in [2.75, 3.05) is 20.3 Å². The molecule has 8 heteroatoms. The fraction of sp³-hybridized carbons (Fsp3) is 0.355. The predicted molar refractivity (Wildman–Crippen MR) is 149 cm³/mol. The molecule has 1 amide bonds. The van der Waals surface area contributed by atoms with E-state index in [0.717, 1.165) is 28.6 Å². The van der Waals surface area contributed by atoms with E-state index in [0.29, 0.717) is 42.9 Å². The molecule has 5 rings (SSSR count). The Hall–Kier alpha value is -4.20. The SMILES string of the molecule is CCOC(=O)C[C@H](c1cc(OC)c2c(c1)nnn2C)c1cccc2c1CCN(C(=O)c1ccc(CC)cc1)C2. The fourth-order valence-corrected chi connectivity index (χ4v) is 5.53. The first-order valence-corrected chi connectivity index (χ1v) is 13.4. The molecule has 2 heterocycles. The molecule has 4 aromatic rings. The second kappa shape index (κ2) is 11.3. The van der Waals surface area contributed by atoms with Crippen LogP contribution in [0.5, 0.6) is 5.75 Å². The minimum Gasteiger partial charge on any atom is -0.494 e. The standard InChI is InChI=1S/C31H34N4O4/c1-5-20-10-12-21(13-11-20)31(37)35-15-14-24-22(19-35)8-7-9-25(24)26(18-29(36)39-6-2)23-16-27-30(28(17-23)38-4)34(3)33-32-27/h7-13,16-17,26H,5-6,14-15,18-19H2,1-4H3/t26-/m1/s1. The van der Waals surface area contributed by atoms with Gasteiger partial charge in [0, 0.05) is 31.6 Å². The normalized spacial score (nSPS) is 13.7. The molecule has 1 aromatic heterocycles. The van der Waals surface area contributed by atoms with Crippen molar-refractivity contribution in [3.05, 3.63) is 88.0 Å². The molecule has 0 saturated carbocycles. The number of methoxy groups -OCH3 is 1. The van der Waals surface area contributed by atoms with Crippen molar-refractivity contribution in [3.63, 3.8) is 0 Å². The van der Waals surface area contributed by atoms with Crippen molar-refractivity contribution in [3.8, 4) is 5.75 Å². The van der Waals surface area contributed by atoms with Gasteiger partial charge in [-0.15, -0.1) is 5.10 Å². The summed E-state index contributed by atoms with van der Waals surface area (Å²) in [5.41, 5.74) is 7.67. The van der Waals surface area contributed by atoms with Gasteiger partial charge >= 0.3 is 5.97 Å². The Morgan fingerprint density at radius 3 is 2.59 bits per heavy atom. The Morgan fingerprint density at radius 2 is 1.87 bits per heavy atom. The van der Waals surface area contributed by atoms with E-state index in [4.69, 9.17) is 9.47 Å². The van der Waals surface area contributed by atoms with Gasteiger partial charge < -0.3 is 14.4 Å². The zero-order valence-corrected chi connectivity index (χ0v) is 22.9. The van der Waals surface area contributed by atoms with Gasteiger partial charge in [-0.05, 0) is 71.8 Å². The van der Waals surface area contributed by atoms with Crippen LogP contribution in [0.3, 0.4) is 0 Å². The molecule has 0 N–H and O–H groups in total. The van der Waals surface area contributed by atoms with Crippen LogP contribution in [-0.4, -0.2) is 52.0 Å². The summed E-state index contributed by atoms with van der Waals surface area (Å²) in [6, 6.07) is 18.0. The highest BCUT2D eigenvalue weighted by atomic mass is 16.5. The Bertz CT molecular complexity index is 1510. The molecule has 0 saturated heterocycles. The zero-order chi connectivity index (χ0) is 27.5. The average Bonchev–Trinajstić information content (AvgIpc) is 3.35. The highest BCUT2D eigenvalue weighted by molar-refractivity contribution is 5.94. The van der Waals surface area contributed by atoms with Crippen LogP contribution in [0.2, 0.25) is 0 Å². The number of benzene rings is 3. The number of rotatable bonds is 8. The number of carbonyl (C=O) groups is 2. The maximum Gasteiger partial charge on any atom is 0.306 e. The van der Waals surface area contributed by atoms with E-state index < -0.39 is 0 Å². The Balaban J connectivity index is 1.51. The Kier molecular flexibility index (Phi) is 7.63. The Labute approximate surface area is 228 Å². The maximum atomic E-state index is 13.3. The second-order valence-electron chi connectivity index (χ2n) is 9.88. The summed E-state index contributed by atoms with van der Waals surface area (Å²) < 4.78 is 12.7. The van der Waals surface area contributed by atoms with Crippen LogP contribution in [0.15, 0.2) is 54.6 Å². The van der Waals surface area contributed by atoms with E-state index >= 15 is 0 Å². The van der Waals surface area contributed by atoms with Gasteiger partial charge in [0.25, 0.3) is 5.91 Å². The minimum atomic E-state index is -0.263. The Morgan fingerprint density at radius 1 is 1.08 bits per heavy atom. The van der Waals surface area contributed by atoms with E-state index in [-0.39, 0.29) is 24.2 Å². The van der Waals surface area contributed by atoms with Crippen molar-refractivity contribution in [2.24, 2.45) is 7.05 Å². The second-order valence-corrected chi connectivity index (χ2v) is 9.88. The number of esters is 1. The van der Waals surface area contributed by atoms with Crippen molar-refractivity contribution < 1.29 is 19.1 Å². The van der Waals surface area contributed by atoms with E-state index in [1.54, 1.807) is 11.8 Å². The third-order valence-electron chi connectivity index (χ3n) is 7.56. The summed E-state index contributed by atoms with van der Waals surface area (Å²) in [5.74, 6) is 0.165. The lowest BCUT2D eigenvalue weighted by molar-refractivity contribution is -0.143. The third-order valence-corrected chi connectivity index (χ3v) is 7.56. The van der Waals surface area contributed by atoms with E-state index in [9.17, 15) is 9.59 Å². The first-order chi connectivity index (χ1) is 18.9. The monoisotopic (exact) mass is 526 g/mol. The van der Waals surface area contributed by atoms with Crippen LogP contribution < -0.4 is 4.74 Å². The topological polar surface area (TPSA) is 86.6 Å². The molecule has 202 valence electrons. The van der Waals surface area contributed by atoms with E-state index in [2.05, 4.69) is 29.4 Å². The van der Waals surface area contributed by atoms with E-state index in [1.807, 2.05) is 61.3 Å². The quantitative estimate of drug-likeness (QED) is 0.306. The summed E-state index contributed by atoms with van der Waals surface area (Å²) in [7, 11) is 3.45. The van der Waals surface area contributed by atoms with Gasteiger partial charge in [-0.2, -0.15) is 0 Å². The average molecular weight is 527 g/mol. The zero-order valence-electron chi connectivity index (χ0n) is 22.9. The first kappa shape index (κ1) is 26.4. The summed E-state index contributed by atoms with van der Waals surface area (Å²) in [6.07, 6.45) is 1.83. The molecule has 0 aliphatic carbocycles. The predicted octanol–water partition coefficient (Wildman–Crippen LogP) is 4.82. The van der Waals surface area contributed by atoms with Crippen LogP contribution in [0.4, 0.5) is 0 Å². The van der Waals surface area contributed by atoms with Gasteiger partial charge in [0.15, 0.2) is 0 Å².